The molecule has 2 rings (SSSR count). The minimum atomic E-state index is 0.698. The molecule has 1 unspecified atom stereocenters. The van der Waals surface area contributed by atoms with Gasteiger partial charge in [0.2, 0.25) is 0 Å². The van der Waals surface area contributed by atoms with Crippen molar-refractivity contribution in [3.8, 4) is 0 Å². The Morgan fingerprint density at radius 3 is 3.20 bits per heavy atom. The highest BCUT2D eigenvalue weighted by atomic mass is 32.2. The highest BCUT2D eigenvalue weighted by molar-refractivity contribution is 7.97. The zero-order valence-corrected chi connectivity index (χ0v) is 6.66. The molecular weight excluding hydrogens is 146 g/mol. The molecule has 2 N–H and O–H groups in total. The lowest BCUT2D eigenvalue weighted by Crippen LogP contribution is -2.42. The van der Waals surface area contributed by atoms with Crippen molar-refractivity contribution in [3.05, 3.63) is 6.54 Å². The molecular formula is C6H12N3S. The number of hydrogen-bond donors (Lipinski definition) is 2. The highest BCUT2D eigenvalue weighted by Gasteiger charge is 2.24. The van der Waals surface area contributed by atoms with E-state index < -0.39 is 0 Å². The van der Waals surface area contributed by atoms with Gasteiger partial charge in [0.05, 0.1) is 0 Å². The summed E-state index contributed by atoms with van der Waals surface area (Å²) in [5.41, 5.74) is 3.25. The van der Waals surface area contributed by atoms with Gasteiger partial charge in [-0.1, -0.05) is 11.9 Å². The van der Waals surface area contributed by atoms with Crippen LogP contribution in [0, 0.1) is 6.54 Å². The zero-order valence-electron chi connectivity index (χ0n) is 5.84. The molecule has 2 saturated heterocycles. The summed E-state index contributed by atoms with van der Waals surface area (Å²) in [5, 5.41) is 2.31. The van der Waals surface area contributed by atoms with Crippen LogP contribution in [0.15, 0.2) is 0 Å². The van der Waals surface area contributed by atoms with Crippen LogP contribution in [-0.4, -0.2) is 29.9 Å². The lowest BCUT2D eigenvalue weighted by atomic mass is 10.3. The van der Waals surface area contributed by atoms with Crippen molar-refractivity contribution in [2.75, 3.05) is 18.8 Å². The Hall–Kier alpha value is 0.230. The van der Waals surface area contributed by atoms with E-state index in [0.717, 1.165) is 6.54 Å². The first-order valence-electron chi connectivity index (χ1n) is 3.66. The molecule has 4 heteroatoms. The normalized spacial score (nSPS) is 35.4. The van der Waals surface area contributed by atoms with Crippen LogP contribution in [0.1, 0.15) is 6.42 Å². The molecule has 2 heterocycles. The third kappa shape index (κ3) is 1.29. The van der Waals surface area contributed by atoms with Gasteiger partial charge in [0, 0.05) is 31.4 Å². The standard InChI is InChI=1S/C6H12N3S/c1-2-7-9(3-1)6-4-8-10-5-6/h2,6-8H,1,3-5H2. The number of rotatable bonds is 1. The first-order valence-corrected chi connectivity index (χ1v) is 4.64. The monoisotopic (exact) mass is 158 g/mol. The van der Waals surface area contributed by atoms with Gasteiger partial charge in [-0.15, -0.1) is 0 Å². The molecule has 0 aromatic carbocycles. The Morgan fingerprint density at radius 1 is 1.60 bits per heavy atom. The maximum absolute atomic E-state index is 3.27. The fraction of sp³-hybridized carbons (Fsp3) is 0.833. The summed E-state index contributed by atoms with van der Waals surface area (Å²) in [7, 11) is 0. The minimum absolute atomic E-state index is 0.698. The van der Waals surface area contributed by atoms with Gasteiger partial charge < -0.3 is 0 Å². The predicted molar refractivity (Wildman–Crippen MR) is 43.0 cm³/mol. The van der Waals surface area contributed by atoms with Crippen molar-refractivity contribution < 1.29 is 0 Å². The van der Waals surface area contributed by atoms with Crippen LogP contribution in [0.5, 0.6) is 0 Å². The summed E-state index contributed by atoms with van der Waals surface area (Å²) in [4.78, 5) is 0. The molecule has 0 saturated carbocycles. The molecule has 10 heavy (non-hydrogen) atoms. The molecule has 0 aromatic heterocycles. The van der Waals surface area contributed by atoms with E-state index >= 15 is 0 Å². The van der Waals surface area contributed by atoms with Crippen LogP contribution in [0.25, 0.3) is 0 Å². The fourth-order valence-corrected chi connectivity index (χ4v) is 2.23. The van der Waals surface area contributed by atoms with Crippen molar-refractivity contribution in [3.63, 3.8) is 0 Å². The van der Waals surface area contributed by atoms with Gasteiger partial charge in [0.25, 0.3) is 0 Å². The smallest absolute Gasteiger partial charge is 0.0480 e. The quantitative estimate of drug-likeness (QED) is 0.524. The van der Waals surface area contributed by atoms with Crippen LogP contribution in [-0.2, 0) is 0 Å². The molecule has 3 nitrogen and oxygen atoms in total. The molecule has 2 fully saturated rings. The first kappa shape index (κ1) is 6.91. The second kappa shape index (κ2) is 3.09. The second-order valence-corrected chi connectivity index (χ2v) is 3.54. The van der Waals surface area contributed by atoms with E-state index in [0.29, 0.717) is 6.04 Å². The van der Waals surface area contributed by atoms with Crippen molar-refractivity contribution in [2.24, 2.45) is 0 Å². The summed E-state index contributed by atoms with van der Waals surface area (Å²) in [6.07, 6.45) is 1.18. The van der Waals surface area contributed by atoms with Gasteiger partial charge in [0.1, 0.15) is 0 Å². The topological polar surface area (TPSA) is 27.3 Å². The number of nitrogens with one attached hydrogen (secondary N) is 2. The molecule has 0 amide bonds. The van der Waals surface area contributed by atoms with Gasteiger partial charge in [-0.25, -0.2) is 5.01 Å². The molecule has 0 bridgehead atoms. The van der Waals surface area contributed by atoms with Gasteiger partial charge in [-0.2, -0.15) is 0 Å². The average Bonchev–Trinajstić information content (AvgIpc) is 2.59. The van der Waals surface area contributed by atoms with Crippen molar-refractivity contribution in [1.29, 1.82) is 0 Å². The molecule has 1 atom stereocenters. The van der Waals surface area contributed by atoms with Gasteiger partial charge >= 0.3 is 0 Å². The maximum atomic E-state index is 3.27. The fourth-order valence-electron chi connectivity index (χ4n) is 1.31. The SMILES string of the molecule is [CH]1CCN(C2CNSC2)N1. The van der Waals surface area contributed by atoms with Crippen LogP contribution >= 0.6 is 11.9 Å². The lowest BCUT2D eigenvalue weighted by Gasteiger charge is -2.20. The molecule has 2 aliphatic rings. The zero-order chi connectivity index (χ0) is 6.81. The Balaban J connectivity index is 1.85. The van der Waals surface area contributed by atoms with E-state index in [1.807, 2.05) is 11.9 Å². The van der Waals surface area contributed by atoms with E-state index in [1.54, 1.807) is 0 Å². The third-order valence-corrected chi connectivity index (χ3v) is 2.83. The Bertz CT molecular complexity index is 93.6. The summed E-state index contributed by atoms with van der Waals surface area (Å²) < 4.78 is 3.27. The van der Waals surface area contributed by atoms with Gasteiger partial charge in [-0.3, -0.25) is 10.1 Å². The molecule has 1 radical (unpaired) electrons. The van der Waals surface area contributed by atoms with Crippen LogP contribution in [0.2, 0.25) is 0 Å². The Morgan fingerprint density at radius 2 is 2.60 bits per heavy atom. The maximum Gasteiger partial charge on any atom is 0.0480 e. The third-order valence-electron chi connectivity index (χ3n) is 1.91. The summed E-state index contributed by atoms with van der Waals surface area (Å²) in [6, 6.07) is 0.698. The summed E-state index contributed by atoms with van der Waals surface area (Å²) >= 11 is 1.82. The second-order valence-electron chi connectivity index (χ2n) is 2.63. The number of hydrazine groups is 1. The Labute approximate surface area is 65.6 Å². The van der Waals surface area contributed by atoms with Crippen LogP contribution in [0.4, 0.5) is 0 Å². The largest absolute Gasteiger partial charge is 0.262 e. The van der Waals surface area contributed by atoms with E-state index in [2.05, 4.69) is 21.7 Å². The van der Waals surface area contributed by atoms with Gasteiger partial charge in [-0.05, 0) is 6.42 Å². The Kier molecular flexibility index (Phi) is 2.13. The lowest BCUT2D eigenvalue weighted by molar-refractivity contribution is 0.205. The molecule has 57 valence electrons. The van der Waals surface area contributed by atoms with Gasteiger partial charge in [0.15, 0.2) is 0 Å². The number of hydrogen-bond acceptors (Lipinski definition) is 4. The van der Waals surface area contributed by atoms with Crippen LogP contribution < -0.4 is 10.1 Å². The van der Waals surface area contributed by atoms with E-state index in [9.17, 15) is 0 Å². The minimum Gasteiger partial charge on any atom is -0.262 e. The van der Waals surface area contributed by atoms with E-state index in [-0.39, 0.29) is 0 Å². The predicted octanol–water partition coefficient (Wildman–Crippen LogP) is -0.0215. The van der Waals surface area contributed by atoms with Crippen LogP contribution in [0.3, 0.4) is 0 Å². The van der Waals surface area contributed by atoms with Crippen molar-refractivity contribution in [1.82, 2.24) is 15.2 Å². The molecule has 2 aliphatic heterocycles. The van der Waals surface area contributed by atoms with Crippen molar-refractivity contribution >= 4 is 11.9 Å². The van der Waals surface area contributed by atoms with E-state index in [4.69, 9.17) is 0 Å². The molecule has 0 aliphatic carbocycles. The molecule has 0 spiro atoms. The average molecular weight is 158 g/mol. The van der Waals surface area contributed by atoms with E-state index in [1.165, 1.54) is 18.7 Å². The highest BCUT2D eigenvalue weighted by Crippen LogP contribution is 2.14. The number of nitrogens with zero attached hydrogens (tertiary/aromatic N) is 1. The molecule has 0 aromatic rings. The van der Waals surface area contributed by atoms with Crippen molar-refractivity contribution in [2.45, 2.75) is 12.5 Å². The summed E-state index contributed by atoms with van der Waals surface area (Å²) in [5.74, 6) is 1.21. The first-order chi connectivity index (χ1) is 4.97. The summed E-state index contributed by atoms with van der Waals surface area (Å²) in [6.45, 7) is 4.42.